The van der Waals surface area contributed by atoms with Gasteiger partial charge in [0, 0.05) is 10.0 Å². The maximum absolute atomic E-state index is 13.7. The summed E-state index contributed by atoms with van der Waals surface area (Å²) in [5, 5.41) is 0. The molecule has 106 valence electrons. The van der Waals surface area contributed by atoms with Crippen LogP contribution in [0.1, 0.15) is 22.7 Å². The highest BCUT2D eigenvalue weighted by Crippen LogP contribution is 2.27. The van der Waals surface area contributed by atoms with Crippen molar-refractivity contribution in [1.82, 2.24) is 5.43 Å². The van der Waals surface area contributed by atoms with E-state index in [0.717, 1.165) is 15.6 Å². The van der Waals surface area contributed by atoms with Crippen LogP contribution >= 0.6 is 15.9 Å². The molecule has 0 aromatic heterocycles. The molecule has 0 saturated heterocycles. The summed E-state index contributed by atoms with van der Waals surface area (Å²) >= 11 is 3.44. The zero-order chi connectivity index (χ0) is 14.7. The normalized spacial score (nSPS) is 12.4. The van der Waals surface area contributed by atoms with Gasteiger partial charge >= 0.3 is 0 Å². The lowest BCUT2D eigenvalue weighted by atomic mass is 9.95. The molecule has 1 unspecified atom stereocenters. The van der Waals surface area contributed by atoms with E-state index in [9.17, 15) is 8.78 Å². The highest BCUT2D eigenvalue weighted by Gasteiger charge is 2.18. The number of rotatable bonds is 4. The van der Waals surface area contributed by atoms with Gasteiger partial charge < -0.3 is 0 Å². The van der Waals surface area contributed by atoms with Crippen LogP contribution in [-0.4, -0.2) is 0 Å². The molecule has 2 rings (SSSR count). The van der Waals surface area contributed by atoms with E-state index in [1.165, 1.54) is 18.2 Å². The van der Waals surface area contributed by atoms with Crippen LogP contribution in [-0.2, 0) is 6.42 Å². The fourth-order valence-corrected chi connectivity index (χ4v) is 2.57. The van der Waals surface area contributed by atoms with Gasteiger partial charge in [-0.05, 0) is 42.7 Å². The molecule has 2 aromatic carbocycles. The zero-order valence-electron chi connectivity index (χ0n) is 11.0. The van der Waals surface area contributed by atoms with Crippen LogP contribution in [0.3, 0.4) is 0 Å². The highest BCUT2D eigenvalue weighted by molar-refractivity contribution is 9.10. The summed E-state index contributed by atoms with van der Waals surface area (Å²) in [5.41, 5.74) is 4.57. The molecule has 0 amide bonds. The minimum absolute atomic E-state index is 0.0369. The Kier molecular flexibility index (Phi) is 4.86. The monoisotopic (exact) mass is 340 g/mol. The smallest absolute Gasteiger partial charge is 0.129 e. The van der Waals surface area contributed by atoms with Crippen LogP contribution in [0.5, 0.6) is 0 Å². The average molecular weight is 341 g/mol. The number of halogens is 3. The van der Waals surface area contributed by atoms with Crippen molar-refractivity contribution in [3.8, 4) is 0 Å². The van der Waals surface area contributed by atoms with Gasteiger partial charge in [0.15, 0.2) is 0 Å². The maximum Gasteiger partial charge on any atom is 0.129 e. The Labute approximate surface area is 125 Å². The number of nitrogens with two attached hydrogens (primary N) is 1. The first-order valence-corrected chi connectivity index (χ1v) is 6.98. The Morgan fingerprint density at radius 2 is 1.75 bits per heavy atom. The second-order valence-corrected chi connectivity index (χ2v) is 5.43. The van der Waals surface area contributed by atoms with Crippen molar-refractivity contribution in [2.45, 2.75) is 19.4 Å². The van der Waals surface area contributed by atoms with Crippen LogP contribution in [0.25, 0.3) is 0 Å². The van der Waals surface area contributed by atoms with E-state index in [-0.39, 0.29) is 18.0 Å². The summed E-state index contributed by atoms with van der Waals surface area (Å²) in [6, 6.07) is 9.16. The Hall–Kier alpha value is -1.30. The first-order chi connectivity index (χ1) is 9.54. The van der Waals surface area contributed by atoms with E-state index >= 15 is 0 Å². The number of benzene rings is 2. The van der Waals surface area contributed by atoms with Gasteiger partial charge in [-0.25, -0.2) is 8.78 Å². The van der Waals surface area contributed by atoms with Crippen LogP contribution in [0.15, 0.2) is 40.9 Å². The minimum Gasteiger partial charge on any atom is -0.271 e. The van der Waals surface area contributed by atoms with Crippen molar-refractivity contribution in [2.24, 2.45) is 5.84 Å². The van der Waals surface area contributed by atoms with Crippen LogP contribution in [0, 0.1) is 18.6 Å². The molecule has 0 heterocycles. The molecule has 2 nitrogen and oxygen atoms in total. The van der Waals surface area contributed by atoms with Crippen molar-refractivity contribution in [3.63, 3.8) is 0 Å². The molecule has 3 N–H and O–H groups in total. The molecule has 0 spiro atoms. The predicted molar refractivity (Wildman–Crippen MR) is 79.0 cm³/mol. The summed E-state index contributed by atoms with van der Waals surface area (Å²) in [7, 11) is 0. The zero-order valence-corrected chi connectivity index (χ0v) is 12.5. The summed E-state index contributed by atoms with van der Waals surface area (Å²) in [6.07, 6.45) is 0.145. The van der Waals surface area contributed by atoms with E-state index in [1.54, 1.807) is 0 Å². The van der Waals surface area contributed by atoms with E-state index < -0.39 is 11.6 Å². The van der Waals surface area contributed by atoms with E-state index in [1.807, 2.05) is 25.1 Å². The molecule has 0 saturated carbocycles. The average Bonchev–Trinajstić information content (AvgIpc) is 2.42. The van der Waals surface area contributed by atoms with Gasteiger partial charge in [-0.1, -0.05) is 34.1 Å². The van der Waals surface area contributed by atoms with E-state index in [0.29, 0.717) is 0 Å². The fourth-order valence-electron chi connectivity index (χ4n) is 2.19. The van der Waals surface area contributed by atoms with Gasteiger partial charge in [0.2, 0.25) is 0 Å². The molecule has 1 atom stereocenters. The number of hydrogen-bond acceptors (Lipinski definition) is 2. The van der Waals surface area contributed by atoms with Gasteiger partial charge in [-0.15, -0.1) is 0 Å². The van der Waals surface area contributed by atoms with Crippen molar-refractivity contribution >= 4 is 15.9 Å². The second kappa shape index (κ2) is 6.43. The van der Waals surface area contributed by atoms with Crippen LogP contribution in [0.4, 0.5) is 8.78 Å². The number of nitrogens with one attached hydrogen (secondary N) is 1. The molecule has 0 aliphatic heterocycles. The molecule has 20 heavy (non-hydrogen) atoms. The molecule has 0 radical (unpaired) electrons. The first-order valence-electron chi connectivity index (χ1n) is 6.18. The largest absolute Gasteiger partial charge is 0.271 e. The maximum atomic E-state index is 13.7. The molecule has 0 fully saturated rings. The van der Waals surface area contributed by atoms with E-state index in [4.69, 9.17) is 5.84 Å². The van der Waals surface area contributed by atoms with Crippen LogP contribution < -0.4 is 11.3 Å². The topological polar surface area (TPSA) is 38.0 Å². The Bertz CT molecular complexity index is 597. The quantitative estimate of drug-likeness (QED) is 0.656. The molecule has 0 bridgehead atoms. The number of hydrogen-bond donors (Lipinski definition) is 2. The molecule has 5 heteroatoms. The molecular formula is C15H15BrF2N2. The minimum atomic E-state index is -0.558. The van der Waals surface area contributed by atoms with Crippen molar-refractivity contribution < 1.29 is 8.78 Å². The Morgan fingerprint density at radius 3 is 2.35 bits per heavy atom. The molecule has 2 aromatic rings. The van der Waals surface area contributed by atoms with Crippen molar-refractivity contribution in [3.05, 3.63) is 69.2 Å². The lowest BCUT2D eigenvalue weighted by molar-refractivity contribution is 0.498. The lowest BCUT2D eigenvalue weighted by Crippen LogP contribution is -2.30. The van der Waals surface area contributed by atoms with Crippen LogP contribution in [0.2, 0.25) is 0 Å². The Balaban J connectivity index is 2.37. The van der Waals surface area contributed by atoms with Gasteiger partial charge in [-0.2, -0.15) is 0 Å². The third kappa shape index (κ3) is 3.06. The second-order valence-electron chi connectivity index (χ2n) is 4.58. The summed E-state index contributed by atoms with van der Waals surface area (Å²) in [6.45, 7) is 1.93. The van der Waals surface area contributed by atoms with Crippen molar-refractivity contribution in [2.75, 3.05) is 0 Å². The van der Waals surface area contributed by atoms with Gasteiger partial charge in [0.05, 0.1) is 6.04 Å². The van der Waals surface area contributed by atoms with Gasteiger partial charge in [0.25, 0.3) is 0 Å². The van der Waals surface area contributed by atoms with E-state index in [2.05, 4.69) is 21.4 Å². The summed E-state index contributed by atoms with van der Waals surface area (Å²) in [4.78, 5) is 0. The summed E-state index contributed by atoms with van der Waals surface area (Å²) in [5.74, 6) is 4.45. The van der Waals surface area contributed by atoms with Crippen molar-refractivity contribution in [1.29, 1.82) is 0 Å². The standard InChI is InChI=1S/C15H15BrF2N2/c1-9-10(4-2-5-12(9)16)15(20-19)8-11-13(17)6-3-7-14(11)18/h2-7,15,20H,8,19H2,1H3. The highest BCUT2D eigenvalue weighted by atomic mass is 79.9. The SMILES string of the molecule is Cc1c(Br)cccc1C(Cc1c(F)cccc1F)NN. The lowest BCUT2D eigenvalue weighted by Gasteiger charge is -2.20. The third-order valence-electron chi connectivity index (χ3n) is 3.36. The third-order valence-corrected chi connectivity index (χ3v) is 4.22. The predicted octanol–water partition coefficient (Wildman–Crippen LogP) is 3.78. The fraction of sp³-hybridized carbons (Fsp3) is 0.200. The van der Waals surface area contributed by atoms with Gasteiger partial charge in [0.1, 0.15) is 11.6 Å². The number of hydrazine groups is 1. The molecular weight excluding hydrogens is 326 g/mol. The molecule has 0 aliphatic carbocycles. The Morgan fingerprint density at radius 1 is 1.15 bits per heavy atom. The summed E-state index contributed by atoms with van der Waals surface area (Å²) < 4.78 is 28.4. The molecule has 0 aliphatic rings. The van der Waals surface area contributed by atoms with Gasteiger partial charge in [-0.3, -0.25) is 11.3 Å². The first kappa shape index (κ1) is 15.1.